The number of hydrogen-bond donors (Lipinski definition) is 2. The van der Waals surface area contributed by atoms with Gasteiger partial charge in [-0.05, 0) is 37.1 Å². The van der Waals surface area contributed by atoms with Crippen molar-refractivity contribution in [2.45, 2.75) is 20.0 Å². The van der Waals surface area contributed by atoms with Gasteiger partial charge in [0.1, 0.15) is 46.7 Å². The molecule has 0 spiro atoms. The number of aliphatic hydroxyl groups excluding tert-OH is 1. The molecule has 0 unspecified atom stereocenters. The molecule has 1 aliphatic heterocycles. The first kappa shape index (κ1) is 24.1. The maximum absolute atomic E-state index is 12.9. The zero-order valence-corrected chi connectivity index (χ0v) is 20.1. The van der Waals surface area contributed by atoms with E-state index in [0.717, 1.165) is 48.6 Å². The molecule has 1 aromatic heterocycles. The van der Waals surface area contributed by atoms with Crippen molar-refractivity contribution in [3.63, 3.8) is 0 Å². The Morgan fingerprint density at radius 1 is 1.06 bits per heavy atom. The number of nitrogens with one attached hydrogen (secondary N) is 1. The standard InChI is InChI=1S/C26H32N2O6/c1-16-9-18(10-17(2)26(16)33-15-19(29)14-28-7-5-27-6-8-28)22-13-21(30)25-23(32-4)11-20(31-3)12-24(25)34-22/h9-13,19,27,29H,5-8,14-15H2,1-4H3/t19-/m1/s1. The number of benzene rings is 2. The number of fused-ring (bicyclic) bond motifs is 1. The van der Waals surface area contributed by atoms with E-state index in [1.807, 2.05) is 26.0 Å². The number of rotatable bonds is 8. The van der Waals surface area contributed by atoms with Gasteiger partial charge in [-0.25, -0.2) is 0 Å². The van der Waals surface area contributed by atoms with Gasteiger partial charge >= 0.3 is 0 Å². The fraction of sp³-hybridized carbons (Fsp3) is 0.423. The van der Waals surface area contributed by atoms with E-state index in [4.69, 9.17) is 18.6 Å². The van der Waals surface area contributed by atoms with Gasteiger partial charge in [0.25, 0.3) is 0 Å². The third-order valence-corrected chi connectivity index (χ3v) is 6.07. The molecule has 3 aromatic rings. The Kier molecular flexibility index (Phi) is 7.41. The van der Waals surface area contributed by atoms with Crippen LogP contribution in [0, 0.1) is 13.8 Å². The highest BCUT2D eigenvalue weighted by Crippen LogP contribution is 2.34. The Morgan fingerprint density at radius 2 is 1.76 bits per heavy atom. The van der Waals surface area contributed by atoms with Crippen LogP contribution >= 0.6 is 0 Å². The summed E-state index contributed by atoms with van der Waals surface area (Å²) in [5, 5.41) is 14.1. The molecule has 1 fully saturated rings. The van der Waals surface area contributed by atoms with Crippen molar-refractivity contribution in [3.05, 3.63) is 51.7 Å². The molecule has 0 aliphatic carbocycles. The lowest BCUT2D eigenvalue weighted by atomic mass is 10.0. The topological polar surface area (TPSA) is 93.4 Å². The monoisotopic (exact) mass is 468 g/mol. The number of piperazine rings is 1. The normalized spacial score (nSPS) is 15.3. The molecule has 1 aliphatic rings. The van der Waals surface area contributed by atoms with Gasteiger partial charge in [-0.3, -0.25) is 9.69 Å². The minimum absolute atomic E-state index is 0.192. The molecule has 0 radical (unpaired) electrons. The van der Waals surface area contributed by atoms with E-state index >= 15 is 0 Å². The Bertz CT molecular complexity index is 1190. The van der Waals surface area contributed by atoms with E-state index in [-0.39, 0.29) is 12.0 Å². The number of hydrogen-bond acceptors (Lipinski definition) is 8. The summed E-state index contributed by atoms with van der Waals surface area (Å²) in [7, 11) is 3.06. The second-order valence-electron chi connectivity index (χ2n) is 8.63. The van der Waals surface area contributed by atoms with Crippen LogP contribution in [0.4, 0.5) is 0 Å². The second kappa shape index (κ2) is 10.5. The predicted octanol–water partition coefficient (Wildman–Crippen LogP) is 2.74. The summed E-state index contributed by atoms with van der Waals surface area (Å²) in [6.45, 7) is 8.44. The van der Waals surface area contributed by atoms with Crippen LogP contribution in [0.25, 0.3) is 22.3 Å². The molecule has 0 amide bonds. The van der Waals surface area contributed by atoms with Crippen LogP contribution in [0.2, 0.25) is 0 Å². The van der Waals surface area contributed by atoms with Crippen molar-refractivity contribution in [2.75, 3.05) is 53.6 Å². The third kappa shape index (κ3) is 5.19. The molecule has 2 heterocycles. The van der Waals surface area contributed by atoms with Crippen LogP contribution in [0.3, 0.4) is 0 Å². The second-order valence-corrected chi connectivity index (χ2v) is 8.63. The number of aliphatic hydroxyl groups is 1. The van der Waals surface area contributed by atoms with E-state index in [2.05, 4.69) is 10.2 Å². The van der Waals surface area contributed by atoms with E-state index in [1.165, 1.54) is 13.2 Å². The summed E-state index contributed by atoms with van der Waals surface area (Å²) in [5.41, 5.74) is 2.77. The van der Waals surface area contributed by atoms with E-state index in [9.17, 15) is 9.90 Å². The molecule has 0 bridgehead atoms. The van der Waals surface area contributed by atoms with Crippen LogP contribution in [-0.2, 0) is 0 Å². The van der Waals surface area contributed by atoms with E-state index in [1.54, 1.807) is 19.2 Å². The highest BCUT2D eigenvalue weighted by atomic mass is 16.5. The Morgan fingerprint density at radius 3 is 2.41 bits per heavy atom. The molecule has 8 heteroatoms. The molecule has 1 saturated heterocycles. The number of nitrogens with zero attached hydrogens (tertiary/aromatic N) is 1. The van der Waals surface area contributed by atoms with Crippen molar-refractivity contribution in [1.82, 2.24) is 10.2 Å². The largest absolute Gasteiger partial charge is 0.496 e. The summed E-state index contributed by atoms with van der Waals surface area (Å²) in [4.78, 5) is 15.1. The molecule has 4 rings (SSSR count). The quantitative estimate of drug-likeness (QED) is 0.521. The average Bonchev–Trinajstić information content (AvgIpc) is 2.83. The summed E-state index contributed by atoms with van der Waals surface area (Å²) < 4.78 is 22.8. The molecule has 0 saturated carbocycles. The Balaban J connectivity index is 1.57. The number of aryl methyl sites for hydroxylation is 2. The lowest BCUT2D eigenvalue weighted by molar-refractivity contribution is 0.0637. The number of β-amino-alcohol motifs (C(OH)–C–C–N with tert-alkyl or cyclic N) is 1. The van der Waals surface area contributed by atoms with Crippen LogP contribution in [-0.4, -0.2) is 69.7 Å². The minimum atomic E-state index is -0.569. The van der Waals surface area contributed by atoms with E-state index < -0.39 is 6.10 Å². The third-order valence-electron chi connectivity index (χ3n) is 6.07. The Hall–Kier alpha value is -3.07. The molecular weight excluding hydrogens is 436 g/mol. The summed E-state index contributed by atoms with van der Waals surface area (Å²) >= 11 is 0. The van der Waals surface area contributed by atoms with Gasteiger partial charge in [-0.2, -0.15) is 0 Å². The molecule has 34 heavy (non-hydrogen) atoms. The highest BCUT2D eigenvalue weighted by Gasteiger charge is 2.18. The molecule has 2 N–H and O–H groups in total. The first-order chi connectivity index (χ1) is 16.4. The van der Waals surface area contributed by atoms with Gasteiger partial charge in [-0.15, -0.1) is 0 Å². The van der Waals surface area contributed by atoms with Crippen molar-refractivity contribution < 1.29 is 23.7 Å². The van der Waals surface area contributed by atoms with Crippen molar-refractivity contribution in [2.24, 2.45) is 0 Å². The summed E-state index contributed by atoms with van der Waals surface area (Å²) in [6.07, 6.45) is -0.569. The van der Waals surface area contributed by atoms with Crippen LogP contribution in [0.1, 0.15) is 11.1 Å². The smallest absolute Gasteiger partial charge is 0.197 e. The maximum Gasteiger partial charge on any atom is 0.197 e. The molecule has 182 valence electrons. The molecule has 2 aromatic carbocycles. The zero-order chi connectivity index (χ0) is 24.2. The van der Waals surface area contributed by atoms with Crippen LogP contribution in [0.15, 0.2) is 39.5 Å². The first-order valence-corrected chi connectivity index (χ1v) is 11.4. The van der Waals surface area contributed by atoms with Crippen molar-refractivity contribution >= 4 is 11.0 Å². The van der Waals surface area contributed by atoms with E-state index in [0.29, 0.717) is 34.8 Å². The number of ether oxygens (including phenoxy) is 3. The van der Waals surface area contributed by atoms with Gasteiger partial charge < -0.3 is 29.1 Å². The van der Waals surface area contributed by atoms with Crippen molar-refractivity contribution in [3.8, 4) is 28.6 Å². The first-order valence-electron chi connectivity index (χ1n) is 11.4. The molecule has 1 atom stereocenters. The summed E-state index contributed by atoms with van der Waals surface area (Å²) in [6, 6.07) is 8.66. The summed E-state index contributed by atoms with van der Waals surface area (Å²) in [5.74, 6) is 2.13. The number of methoxy groups -OCH3 is 2. The van der Waals surface area contributed by atoms with Gasteiger partial charge in [-0.1, -0.05) is 0 Å². The van der Waals surface area contributed by atoms with Crippen molar-refractivity contribution in [1.29, 1.82) is 0 Å². The average molecular weight is 469 g/mol. The lowest BCUT2D eigenvalue weighted by Crippen LogP contribution is -2.47. The maximum atomic E-state index is 12.9. The van der Waals surface area contributed by atoms with Crippen LogP contribution < -0.4 is 25.0 Å². The fourth-order valence-corrected chi connectivity index (χ4v) is 4.39. The highest BCUT2D eigenvalue weighted by molar-refractivity contribution is 5.86. The van der Waals surface area contributed by atoms with Crippen LogP contribution in [0.5, 0.6) is 17.2 Å². The Labute approximate surface area is 199 Å². The fourth-order valence-electron chi connectivity index (χ4n) is 4.39. The minimum Gasteiger partial charge on any atom is -0.496 e. The van der Waals surface area contributed by atoms with Gasteiger partial charge in [0, 0.05) is 56.5 Å². The molecule has 8 nitrogen and oxygen atoms in total. The van der Waals surface area contributed by atoms with Gasteiger partial charge in [0.15, 0.2) is 5.43 Å². The van der Waals surface area contributed by atoms with Gasteiger partial charge in [0.2, 0.25) is 0 Å². The zero-order valence-electron chi connectivity index (χ0n) is 20.1. The van der Waals surface area contributed by atoms with Gasteiger partial charge in [0.05, 0.1) is 14.2 Å². The lowest BCUT2D eigenvalue weighted by Gasteiger charge is -2.29. The molecular formula is C26H32N2O6. The SMILES string of the molecule is COc1cc(OC)c2c(=O)cc(-c3cc(C)c(OC[C@H](O)CN4CCNCC4)c(C)c3)oc2c1. The predicted molar refractivity (Wildman–Crippen MR) is 131 cm³/mol.